The molecule has 27 heavy (non-hydrogen) atoms. The van der Waals surface area contributed by atoms with Gasteiger partial charge in [-0.3, -0.25) is 0 Å². The molecule has 0 radical (unpaired) electrons. The molecule has 136 valence electrons. The molecular weight excluding hydrogens is 352 g/mol. The van der Waals surface area contributed by atoms with Crippen molar-refractivity contribution in [3.63, 3.8) is 0 Å². The first-order valence-electron chi connectivity index (χ1n) is 9.06. The number of aromatic nitrogens is 3. The van der Waals surface area contributed by atoms with Crippen LogP contribution in [-0.4, -0.2) is 15.0 Å². The predicted octanol–water partition coefficient (Wildman–Crippen LogP) is 4.65. The van der Waals surface area contributed by atoms with Crippen LogP contribution >= 0.6 is 11.3 Å². The van der Waals surface area contributed by atoms with Crippen molar-refractivity contribution in [1.82, 2.24) is 20.3 Å². The van der Waals surface area contributed by atoms with E-state index in [1.54, 1.807) is 16.1 Å². The van der Waals surface area contributed by atoms with E-state index in [0.717, 1.165) is 23.5 Å². The van der Waals surface area contributed by atoms with E-state index in [1.165, 1.54) is 16.0 Å². The minimum atomic E-state index is 0.673. The Hall–Kier alpha value is -2.76. The SMILES string of the molecule is Cc1cccc(Cn2nc(CNCc3cccs3)c(-c3ccccc3)n2)c1. The van der Waals surface area contributed by atoms with E-state index in [4.69, 9.17) is 10.2 Å². The smallest absolute Gasteiger partial charge is 0.117 e. The third-order valence-electron chi connectivity index (χ3n) is 4.35. The van der Waals surface area contributed by atoms with Gasteiger partial charge in [-0.2, -0.15) is 15.0 Å². The van der Waals surface area contributed by atoms with Crippen LogP contribution < -0.4 is 5.32 Å². The molecule has 0 aliphatic rings. The van der Waals surface area contributed by atoms with Crippen molar-refractivity contribution in [3.05, 3.63) is 93.8 Å². The van der Waals surface area contributed by atoms with Crippen LogP contribution in [0.5, 0.6) is 0 Å². The molecule has 0 aliphatic carbocycles. The largest absolute Gasteiger partial charge is 0.306 e. The number of hydrogen-bond donors (Lipinski definition) is 1. The Morgan fingerprint density at radius 2 is 1.81 bits per heavy atom. The second kappa shape index (κ2) is 8.29. The summed E-state index contributed by atoms with van der Waals surface area (Å²) in [5.41, 5.74) is 5.48. The Labute approximate surface area is 163 Å². The number of rotatable bonds is 7. The van der Waals surface area contributed by atoms with E-state index < -0.39 is 0 Å². The quantitative estimate of drug-likeness (QED) is 0.512. The molecule has 2 aromatic heterocycles. The highest BCUT2D eigenvalue weighted by atomic mass is 32.1. The Bertz CT molecular complexity index is 990. The molecule has 4 nitrogen and oxygen atoms in total. The van der Waals surface area contributed by atoms with Gasteiger partial charge in [0.2, 0.25) is 0 Å². The van der Waals surface area contributed by atoms with Gasteiger partial charge in [-0.25, -0.2) is 0 Å². The van der Waals surface area contributed by atoms with E-state index >= 15 is 0 Å². The zero-order chi connectivity index (χ0) is 18.5. The zero-order valence-electron chi connectivity index (χ0n) is 15.3. The number of benzene rings is 2. The first kappa shape index (κ1) is 17.6. The summed E-state index contributed by atoms with van der Waals surface area (Å²) in [5, 5.41) is 15.2. The molecule has 0 saturated heterocycles. The molecule has 5 heteroatoms. The van der Waals surface area contributed by atoms with Crippen molar-refractivity contribution in [2.75, 3.05) is 0 Å². The minimum Gasteiger partial charge on any atom is -0.306 e. The molecule has 0 atom stereocenters. The maximum atomic E-state index is 4.79. The predicted molar refractivity (Wildman–Crippen MR) is 111 cm³/mol. The molecule has 4 rings (SSSR count). The Morgan fingerprint density at radius 1 is 0.926 bits per heavy atom. The first-order valence-corrected chi connectivity index (χ1v) is 9.94. The molecule has 0 aliphatic heterocycles. The fourth-order valence-corrected chi connectivity index (χ4v) is 3.76. The average molecular weight is 375 g/mol. The maximum absolute atomic E-state index is 4.79. The van der Waals surface area contributed by atoms with Gasteiger partial charge in [0.15, 0.2) is 0 Å². The Balaban J connectivity index is 1.56. The van der Waals surface area contributed by atoms with Gasteiger partial charge in [-0.1, -0.05) is 66.2 Å². The van der Waals surface area contributed by atoms with Crippen LogP contribution in [0, 0.1) is 6.92 Å². The van der Waals surface area contributed by atoms with Crippen molar-refractivity contribution in [1.29, 1.82) is 0 Å². The molecule has 0 spiro atoms. The normalized spacial score (nSPS) is 11.0. The molecule has 1 N–H and O–H groups in total. The molecule has 0 amide bonds. The highest BCUT2D eigenvalue weighted by Gasteiger charge is 2.13. The maximum Gasteiger partial charge on any atom is 0.117 e. The lowest BCUT2D eigenvalue weighted by atomic mass is 10.1. The van der Waals surface area contributed by atoms with Crippen LogP contribution in [-0.2, 0) is 19.6 Å². The van der Waals surface area contributed by atoms with Crippen LogP contribution in [0.2, 0.25) is 0 Å². The van der Waals surface area contributed by atoms with E-state index in [9.17, 15) is 0 Å². The average Bonchev–Trinajstić information content (AvgIpc) is 3.33. The van der Waals surface area contributed by atoms with Crippen molar-refractivity contribution in [2.45, 2.75) is 26.6 Å². The number of nitrogens with one attached hydrogen (secondary N) is 1. The highest BCUT2D eigenvalue weighted by molar-refractivity contribution is 7.09. The van der Waals surface area contributed by atoms with Gasteiger partial charge < -0.3 is 5.32 Å². The number of aryl methyl sites for hydroxylation is 1. The second-order valence-electron chi connectivity index (χ2n) is 6.56. The molecule has 0 saturated carbocycles. The van der Waals surface area contributed by atoms with Crippen molar-refractivity contribution in [2.24, 2.45) is 0 Å². The minimum absolute atomic E-state index is 0.673. The summed E-state index contributed by atoms with van der Waals surface area (Å²) in [5.74, 6) is 0. The van der Waals surface area contributed by atoms with Crippen LogP contribution in [0.15, 0.2) is 72.1 Å². The van der Waals surface area contributed by atoms with Crippen molar-refractivity contribution < 1.29 is 0 Å². The van der Waals surface area contributed by atoms with Crippen LogP contribution in [0.1, 0.15) is 21.7 Å². The van der Waals surface area contributed by atoms with Gasteiger partial charge in [0.05, 0.1) is 6.54 Å². The van der Waals surface area contributed by atoms with Crippen LogP contribution in [0.3, 0.4) is 0 Å². The standard InChI is InChI=1S/C22H22N4S/c1-17-7-5-8-18(13-17)16-26-24-21(15-23-14-20-11-6-12-27-20)22(25-26)19-9-3-2-4-10-19/h2-13,23H,14-16H2,1H3. The first-order chi connectivity index (χ1) is 13.3. The molecule has 2 aromatic carbocycles. The molecular formula is C22H22N4S. The van der Waals surface area contributed by atoms with Gasteiger partial charge in [0.1, 0.15) is 11.4 Å². The van der Waals surface area contributed by atoms with Crippen LogP contribution in [0.4, 0.5) is 0 Å². The summed E-state index contributed by atoms with van der Waals surface area (Å²) in [7, 11) is 0. The Morgan fingerprint density at radius 3 is 2.59 bits per heavy atom. The lowest BCUT2D eigenvalue weighted by Crippen LogP contribution is -2.13. The lowest BCUT2D eigenvalue weighted by molar-refractivity contribution is 0.577. The number of hydrogen-bond acceptors (Lipinski definition) is 4. The molecule has 0 bridgehead atoms. The van der Waals surface area contributed by atoms with E-state index in [0.29, 0.717) is 13.1 Å². The van der Waals surface area contributed by atoms with E-state index in [1.807, 2.05) is 18.2 Å². The van der Waals surface area contributed by atoms with E-state index in [-0.39, 0.29) is 0 Å². The molecule has 0 fully saturated rings. The topological polar surface area (TPSA) is 42.7 Å². The van der Waals surface area contributed by atoms with Gasteiger partial charge in [0.25, 0.3) is 0 Å². The van der Waals surface area contributed by atoms with E-state index in [2.05, 4.69) is 66.2 Å². The lowest BCUT2D eigenvalue weighted by Gasteiger charge is -2.02. The fraction of sp³-hybridized carbons (Fsp3) is 0.182. The second-order valence-corrected chi connectivity index (χ2v) is 7.60. The molecule has 2 heterocycles. The van der Waals surface area contributed by atoms with Crippen LogP contribution in [0.25, 0.3) is 11.3 Å². The summed E-state index contributed by atoms with van der Waals surface area (Å²) < 4.78 is 0. The zero-order valence-corrected chi connectivity index (χ0v) is 16.1. The third-order valence-corrected chi connectivity index (χ3v) is 5.23. The number of thiophene rings is 1. The molecule has 0 unspecified atom stereocenters. The van der Waals surface area contributed by atoms with Crippen molar-refractivity contribution in [3.8, 4) is 11.3 Å². The van der Waals surface area contributed by atoms with Gasteiger partial charge >= 0.3 is 0 Å². The van der Waals surface area contributed by atoms with Crippen molar-refractivity contribution >= 4 is 11.3 Å². The highest BCUT2D eigenvalue weighted by Crippen LogP contribution is 2.20. The third kappa shape index (κ3) is 4.51. The van der Waals surface area contributed by atoms with Gasteiger partial charge in [-0.15, -0.1) is 11.3 Å². The summed E-state index contributed by atoms with van der Waals surface area (Å²) >= 11 is 1.76. The van der Waals surface area contributed by atoms with Gasteiger partial charge in [-0.05, 0) is 23.9 Å². The number of nitrogens with zero attached hydrogens (tertiary/aromatic N) is 3. The fourth-order valence-electron chi connectivity index (χ4n) is 3.08. The van der Waals surface area contributed by atoms with Gasteiger partial charge in [0, 0.05) is 23.5 Å². The summed E-state index contributed by atoms with van der Waals surface area (Å²) in [4.78, 5) is 3.13. The Kier molecular flexibility index (Phi) is 5.42. The summed E-state index contributed by atoms with van der Waals surface area (Å²) in [6.45, 7) is 4.31. The monoisotopic (exact) mass is 374 g/mol. The molecule has 4 aromatic rings. The summed E-state index contributed by atoms with van der Waals surface area (Å²) in [6.07, 6.45) is 0. The summed E-state index contributed by atoms with van der Waals surface area (Å²) in [6, 6.07) is 23.0.